The molecule has 0 radical (unpaired) electrons. The van der Waals surface area contributed by atoms with Gasteiger partial charge in [0.05, 0.1) is 16.2 Å². The van der Waals surface area contributed by atoms with E-state index in [2.05, 4.69) is 20.9 Å². The van der Waals surface area contributed by atoms with E-state index < -0.39 is 0 Å². The summed E-state index contributed by atoms with van der Waals surface area (Å²) in [5.74, 6) is 0. The largest absolute Gasteiger partial charge is 0.251 e. The maximum atomic E-state index is 6.05. The molecule has 0 aliphatic rings. The van der Waals surface area contributed by atoms with Gasteiger partial charge in [-0.15, -0.1) is 0 Å². The molecule has 0 aliphatic heterocycles. The summed E-state index contributed by atoms with van der Waals surface area (Å²) >= 11 is 15.4. The lowest BCUT2D eigenvalue weighted by molar-refractivity contribution is 1.25. The maximum absolute atomic E-state index is 6.05. The van der Waals surface area contributed by atoms with E-state index in [1.807, 2.05) is 25.1 Å². The Morgan fingerprint density at radius 1 is 1.29 bits per heavy atom. The van der Waals surface area contributed by atoms with Crippen LogP contribution >= 0.6 is 39.1 Å². The Bertz CT molecular complexity index is 511. The number of rotatable bonds is 0. The molecule has 0 aliphatic carbocycles. The molecule has 14 heavy (non-hydrogen) atoms. The van der Waals surface area contributed by atoms with Crippen LogP contribution in [0.15, 0.2) is 22.7 Å². The third-order valence-electron chi connectivity index (χ3n) is 1.99. The second-order valence-corrected chi connectivity index (χ2v) is 4.59. The van der Waals surface area contributed by atoms with Gasteiger partial charge < -0.3 is 0 Å². The van der Waals surface area contributed by atoms with Crippen molar-refractivity contribution in [1.82, 2.24) is 4.98 Å². The fourth-order valence-corrected chi connectivity index (χ4v) is 2.22. The first-order chi connectivity index (χ1) is 6.59. The van der Waals surface area contributed by atoms with Gasteiger partial charge in [0.2, 0.25) is 0 Å². The SMILES string of the molecule is Cc1nc2cc(Cl)ccc2c(Br)c1Cl. The van der Waals surface area contributed by atoms with Crippen molar-refractivity contribution < 1.29 is 0 Å². The first-order valence-corrected chi connectivity index (χ1v) is 5.55. The minimum absolute atomic E-state index is 0.653. The Morgan fingerprint density at radius 3 is 2.71 bits per heavy atom. The molecule has 1 aromatic carbocycles. The lowest BCUT2D eigenvalue weighted by Gasteiger charge is -2.05. The van der Waals surface area contributed by atoms with Crippen molar-refractivity contribution in [2.75, 3.05) is 0 Å². The van der Waals surface area contributed by atoms with Gasteiger partial charge in [-0.1, -0.05) is 29.3 Å². The minimum atomic E-state index is 0.653. The van der Waals surface area contributed by atoms with E-state index in [9.17, 15) is 0 Å². The molecule has 0 amide bonds. The fraction of sp³-hybridized carbons (Fsp3) is 0.100. The Hall–Kier alpha value is -0.310. The van der Waals surface area contributed by atoms with E-state index >= 15 is 0 Å². The average Bonchev–Trinajstić information content (AvgIpc) is 2.14. The van der Waals surface area contributed by atoms with Crippen LogP contribution in [-0.2, 0) is 0 Å². The summed E-state index contributed by atoms with van der Waals surface area (Å²) in [5, 5.41) is 2.31. The normalized spacial score (nSPS) is 10.9. The molecule has 0 N–H and O–H groups in total. The number of aromatic nitrogens is 1. The number of hydrogen-bond acceptors (Lipinski definition) is 1. The van der Waals surface area contributed by atoms with E-state index in [-0.39, 0.29) is 0 Å². The number of benzene rings is 1. The van der Waals surface area contributed by atoms with Crippen LogP contribution in [0.2, 0.25) is 10.0 Å². The van der Waals surface area contributed by atoms with Crippen LogP contribution in [0.5, 0.6) is 0 Å². The number of fused-ring (bicyclic) bond motifs is 1. The van der Waals surface area contributed by atoms with E-state index in [1.54, 1.807) is 0 Å². The van der Waals surface area contributed by atoms with Gasteiger partial charge in [0.1, 0.15) is 0 Å². The molecule has 0 bridgehead atoms. The molecule has 4 heteroatoms. The zero-order valence-electron chi connectivity index (χ0n) is 7.31. The summed E-state index contributed by atoms with van der Waals surface area (Å²) in [6.45, 7) is 1.87. The first kappa shape index (κ1) is 10.2. The van der Waals surface area contributed by atoms with E-state index in [4.69, 9.17) is 23.2 Å². The quantitative estimate of drug-likeness (QED) is 0.690. The lowest BCUT2D eigenvalue weighted by Crippen LogP contribution is -1.87. The highest BCUT2D eigenvalue weighted by Crippen LogP contribution is 2.32. The monoisotopic (exact) mass is 289 g/mol. The Balaban J connectivity index is 2.91. The van der Waals surface area contributed by atoms with Crippen LogP contribution in [-0.4, -0.2) is 4.98 Å². The lowest BCUT2D eigenvalue weighted by atomic mass is 10.2. The molecule has 0 spiro atoms. The van der Waals surface area contributed by atoms with Crippen molar-refractivity contribution in [3.05, 3.63) is 38.4 Å². The van der Waals surface area contributed by atoms with Gasteiger partial charge in [0.25, 0.3) is 0 Å². The zero-order chi connectivity index (χ0) is 10.3. The molecule has 1 nitrogen and oxygen atoms in total. The van der Waals surface area contributed by atoms with Gasteiger partial charge in [0.15, 0.2) is 0 Å². The topological polar surface area (TPSA) is 12.9 Å². The maximum Gasteiger partial charge on any atom is 0.0767 e. The van der Waals surface area contributed by atoms with Crippen molar-refractivity contribution in [3.8, 4) is 0 Å². The molecule has 2 rings (SSSR count). The van der Waals surface area contributed by atoms with Crippen LogP contribution in [0.4, 0.5) is 0 Å². The van der Waals surface area contributed by atoms with Gasteiger partial charge in [0, 0.05) is 14.9 Å². The van der Waals surface area contributed by atoms with Crippen LogP contribution in [0.1, 0.15) is 5.69 Å². The highest BCUT2D eigenvalue weighted by Gasteiger charge is 2.08. The number of pyridine rings is 1. The predicted molar refractivity (Wildman–Crippen MR) is 64.2 cm³/mol. The molecule has 1 heterocycles. The summed E-state index contributed by atoms with van der Waals surface area (Å²) in [7, 11) is 0. The van der Waals surface area contributed by atoms with Crippen LogP contribution in [0.25, 0.3) is 10.9 Å². The molecule has 0 saturated heterocycles. The second kappa shape index (κ2) is 3.69. The highest BCUT2D eigenvalue weighted by atomic mass is 79.9. The van der Waals surface area contributed by atoms with Crippen LogP contribution < -0.4 is 0 Å². The third-order valence-corrected chi connectivity index (χ3v) is 3.74. The molecule has 2 aromatic rings. The Morgan fingerprint density at radius 2 is 2.00 bits per heavy atom. The van der Waals surface area contributed by atoms with E-state index in [0.29, 0.717) is 10.0 Å². The zero-order valence-corrected chi connectivity index (χ0v) is 10.4. The molecule has 1 aromatic heterocycles. The predicted octanol–water partition coefficient (Wildman–Crippen LogP) is 4.61. The highest BCUT2D eigenvalue weighted by molar-refractivity contribution is 9.10. The molecular weight excluding hydrogens is 285 g/mol. The van der Waals surface area contributed by atoms with Gasteiger partial charge in [-0.3, -0.25) is 4.98 Å². The summed E-state index contributed by atoms with van der Waals surface area (Å²) in [6, 6.07) is 5.55. The Labute approximate surface area is 100 Å². The first-order valence-electron chi connectivity index (χ1n) is 4.00. The average molecular weight is 291 g/mol. The molecule has 0 atom stereocenters. The number of halogens is 3. The smallest absolute Gasteiger partial charge is 0.0767 e. The third kappa shape index (κ3) is 1.62. The van der Waals surface area contributed by atoms with Crippen LogP contribution in [0, 0.1) is 6.92 Å². The fourth-order valence-electron chi connectivity index (χ4n) is 1.29. The summed E-state index contributed by atoms with van der Waals surface area (Å²) < 4.78 is 0.873. The number of hydrogen-bond donors (Lipinski definition) is 0. The minimum Gasteiger partial charge on any atom is -0.251 e. The van der Waals surface area contributed by atoms with Gasteiger partial charge in [-0.2, -0.15) is 0 Å². The molecule has 0 fully saturated rings. The van der Waals surface area contributed by atoms with E-state index in [0.717, 1.165) is 21.1 Å². The molecule has 0 saturated carbocycles. The van der Waals surface area contributed by atoms with E-state index in [1.165, 1.54) is 0 Å². The molecule has 72 valence electrons. The Kier molecular flexibility index (Phi) is 2.69. The van der Waals surface area contributed by atoms with Crippen molar-refractivity contribution in [2.45, 2.75) is 6.92 Å². The number of aryl methyl sites for hydroxylation is 1. The molecular formula is C10H6BrCl2N. The summed E-state index contributed by atoms with van der Waals surface area (Å²) in [5.41, 5.74) is 1.65. The van der Waals surface area contributed by atoms with Crippen LogP contribution in [0.3, 0.4) is 0 Å². The van der Waals surface area contributed by atoms with Crippen molar-refractivity contribution in [1.29, 1.82) is 0 Å². The summed E-state index contributed by atoms with van der Waals surface area (Å²) in [4.78, 5) is 4.35. The van der Waals surface area contributed by atoms with Crippen molar-refractivity contribution in [3.63, 3.8) is 0 Å². The van der Waals surface area contributed by atoms with Crippen molar-refractivity contribution in [2.24, 2.45) is 0 Å². The summed E-state index contributed by atoms with van der Waals surface area (Å²) in [6.07, 6.45) is 0. The number of nitrogens with zero attached hydrogens (tertiary/aromatic N) is 1. The van der Waals surface area contributed by atoms with Gasteiger partial charge in [-0.05, 0) is 35.0 Å². The van der Waals surface area contributed by atoms with Crippen molar-refractivity contribution >= 4 is 50.0 Å². The molecule has 0 unspecified atom stereocenters. The standard InChI is InChI=1S/C10H6BrCl2N/c1-5-10(13)9(11)7-3-2-6(12)4-8(7)14-5/h2-4H,1H3. The van der Waals surface area contributed by atoms with Gasteiger partial charge >= 0.3 is 0 Å². The second-order valence-electron chi connectivity index (χ2n) is 2.99. The van der Waals surface area contributed by atoms with Gasteiger partial charge in [-0.25, -0.2) is 0 Å².